The first-order valence-electron chi connectivity index (χ1n) is 10.3. The first-order valence-corrected chi connectivity index (χ1v) is 10.3. The summed E-state index contributed by atoms with van der Waals surface area (Å²) in [5.74, 6) is -0.544. The molecule has 0 bridgehead atoms. The van der Waals surface area contributed by atoms with E-state index >= 15 is 0 Å². The van der Waals surface area contributed by atoms with E-state index < -0.39 is 11.5 Å². The van der Waals surface area contributed by atoms with Gasteiger partial charge in [0.25, 0.3) is 0 Å². The van der Waals surface area contributed by atoms with Gasteiger partial charge in [-0.1, -0.05) is 70.2 Å². The zero-order valence-electron chi connectivity index (χ0n) is 17.6. The van der Waals surface area contributed by atoms with Crippen molar-refractivity contribution in [1.82, 2.24) is 0 Å². The van der Waals surface area contributed by atoms with E-state index in [9.17, 15) is 14.4 Å². The van der Waals surface area contributed by atoms with Gasteiger partial charge < -0.3 is 4.74 Å². The number of hydrogen-bond donors (Lipinski definition) is 0. The molecule has 0 amide bonds. The van der Waals surface area contributed by atoms with Crippen LogP contribution in [0.4, 0.5) is 0 Å². The third-order valence-electron chi connectivity index (χ3n) is 6.30. The molecule has 4 heteroatoms. The normalized spacial score (nSPS) is 27.4. The molecular formula is C25H28O4. The summed E-state index contributed by atoms with van der Waals surface area (Å²) in [6.07, 6.45) is 5.23. The second-order valence-corrected chi connectivity index (χ2v) is 10.2. The molecule has 1 aromatic rings. The number of ether oxygens (including phenoxy) is 1. The minimum Gasteiger partial charge on any atom is -0.474 e. The lowest BCUT2D eigenvalue weighted by Gasteiger charge is -2.40. The van der Waals surface area contributed by atoms with Gasteiger partial charge in [-0.3, -0.25) is 14.4 Å². The quantitative estimate of drug-likeness (QED) is 0.685. The zero-order chi connectivity index (χ0) is 21.0. The SMILES string of the molecule is CC1(C)CC(=O)C2(OC3=C(C(=O)CC(C)(C)C3)C2/C=C/c2ccccc2)C(=O)C1. The van der Waals surface area contributed by atoms with E-state index in [2.05, 4.69) is 0 Å². The van der Waals surface area contributed by atoms with Gasteiger partial charge in [0.1, 0.15) is 5.76 Å². The average Bonchev–Trinajstić information content (AvgIpc) is 2.93. The Labute approximate surface area is 172 Å². The standard InChI is InChI=1S/C25H28O4/c1-23(2)12-18(26)22-17(11-10-16-8-6-5-7-9-16)25(29-19(22)13-23)20(27)14-24(3,4)15-21(25)28/h5-11,17H,12-15H2,1-4H3/b11-10+. The van der Waals surface area contributed by atoms with E-state index in [1.54, 1.807) is 0 Å². The number of carbonyl (C=O) groups excluding carboxylic acids is 3. The fourth-order valence-electron chi connectivity index (χ4n) is 4.99. The number of benzene rings is 1. The molecule has 3 aliphatic rings. The maximum atomic E-state index is 13.4. The summed E-state index contributed by atoms with van der Waals surface area (Å²) < 4.78 is 6.23. The second kappa shape index (κ2) is 6.51. The van der Waals surface area contributed by atoms with Crippen LogP contribution in [0, 0.1) is 16.7 Å². The largest absolute Gasteiger partial charge is 0.474 e. The molecule has 0 aromatic heterocycles. The smallest absolute Gasteiger partial charge is 0.234 e. The van der Waals surface area contributed by atoms with E-state index in [1.807, 2.05) is 70.2 Å². The van der Waals surface area contributed by atoms with Gasteiger partial charge in [-0.2, -0.15) is 0 Å². The highest BCUT2D eigenvalue weighted by molar-refractivity contribution is 6.16. The minimum absolute atomic E-state index is 0.0127. The van der Waals surface area contributed by atoms with Crippen LogP contribution in [0.25, 0.3) is 6.08 Å². The Balaban J connectivity index is 1.82. The van der Waals surface area contributed by atoms with Crippen LogP contribution in [0.2, 0.25) is 0 Å². The Morgan fingerprint density at radius 1 is 0.862 bits per heavy atom. The molecule has 0 saturated heterocycles. The Kier molecular flexibility index (Phi) is 4.45. The molecule has 1 fully saturated rings. The molecule has 1 spiro atoms. The predicted octanol–water partition coefficient (Wildman–Crippen LogP) is 4.69. The molecule has 1 aromatic carbocycles. The van der Waals surface area contributed by atoms with Gasteiger partial charge in [-0.25, -0.2) is 0 Å². The van der Waals surface area contributed by atoms with Crippen LogP contribution in [0.15, 0.2) is 47.7 Å². The summed E-state index contributed by atoms with van der Waals surface area (Å²) >= 11 is 0. The molecule has 1 unspecified atom stereocenters. The minimum atomic E-state index is -1.58. The van der Waals surface area contributed by atoms with Crippen LogP contribution in [-0.2, 0) is 19.1 Å². The van der Waals surface area contributed by atoms with Crippen molar-refractivity contribution < 1.29 is 19.1 Å². The molecule has 1 aliphatic heterocycles. The Morgan fingerprint density at radius 2 is 1.45 bits per heavy atom. The lowest BCUT2D eigenvalue weighted by Crippen LogP contribution is -2.57. The number of Topliss-reactive ketones (excluding diaryl/α,β-unsaturated/α-hetero) is 3. The summed E-state index contributed by atoms with van der Waals surface area (Å²) in [6, 6.07) is 9.70. The highest BCUT2D eigenvalue weighted by Crippen LogP contribution is 2.54. The highest BCUT2D eigenvalue weighted by Gasteiger charge is 2.64. The summed E-state index contributed by atoms with van der Waals surface area (Å²) in [6.45, 7) is 7.90. The van der Waals surface area contributed by atoms with Crippen molar-refractivity contribution in [2.24, 2.45) is 16.7 Å². The Hall–Kier alpha value is -2.49. The van der Waals surface area contributed by atoms with E-state index in [1.165, 1.54) is 0 Å². The molecule has 0 N–H and O–H groups in total. The van der Waals surface area contributed by atoms with Crippen molar-refractivity contribution in [2.75, 3.05) is 0 Å². The number of hydrogen-bond acceptors (Lipinski definition) is 4. The van der Waals surface area contributed by atoms with Crippen LogP contribution in [-0.4, -0.2) is 23.0 Å². The maximum Gasteiger partial charge on any atom is 0.234 e. The number of rotatable bonds is 2. The van der Waals surface area contributed by atoms with Crippen molar-refractivity contribution in [3.05, 3.63) is 53.3 Å². The zero-order valence-corrected chi connectivity index (χ0v) is 17.6. The number of ketones is 3. The van der Waals surface area contributed by atoms with Crippen LogP contribution in [0.3, 0.4) is 0 Å². The molecule has 29 heavy (non-hydrogen) atoms. The molecule has 1 heterocycles. The third-order valence-corrected chi connectivity index (χ3v) is 6.30. The lowest BCUT2D eigenvalue weighted by atomic mass is 9.63. The van der Waals surface area contributed by atoms with Crippen LogP contribution in [0.5, 0.6) is 0 Å². The molecule has 2 aliphatic carbocycles. The van der Waals surface area contributed by atoms with Crippen molar-refractivity contribution in [3.63, 3.8) is 0 Å². The van der Waals surface area contributed by atoms with Gasteiger partial charge in [0.2, 0.25) is 5.60 Å². The van der Waals surface area contributed by atoms with Crippen molar-refractivity contribution in [3.8, 4) is 0 Å². The van der Waals surface area contributed by atoms with Gasteiger partial charge in [0.05, 0.1) is 5.92 Å². The summed E-state index contributed by atoms with van der Waals surface area (Å²) in [5.41, 5.74) is -0.728. The van der Waals surface area contributed by atoms with Gasteiger partial charge in [-0.05, 0) is 16.4 Å². The van der Waals surface area contributed by atoms with E-state index in [4.69, 9.17) is 4.74 Å². The van der Waals surface area contributed by atoms with Crippen molar-refractivity contribution in [2.45, 2.75) is 59.0 Å². The van der Waals surface area contributed by atoms with Gasteiger partial charge in [0.15, 0.2) is 17.3 Å². The monoisotopic (exact) mass is 392 g/mol. The molecule has 1 saturated carbocycles. The molecule has 152 valence electrons. The number of allylic oxidation sites excluding steroid dienone is 1. The fraction of sp³-hybridized carbons (Fsp3) is 0.480. The average molecular weight is 392 g/mol. The van der Waals surface area contributed by atoms with E-state index in [0.717, 1.165) is 5.56 Å². The fourth-order valence-corrected chi connectivity index (χ4v) is 4.99. The Morgan fingerprint density at radius 3 is 2.07 bits per heavy atom. The summed E-state index contributed by atoms with van der Waals surface area (Å²) in [5, 5.41) is 0. The lowest BCUT2D eigenvalue weighted by molar-refractivity contribution is -0.161. The molecule has 1 atom stereocenters. The maximum absolute atomic E-state index is 13.4. The number of carbonyl (C=O) groups is 3. The molecule has 4 rings (SSSR count). The topological polar surface area (TPSA) is 60.4 Å². The highest BCUT2D eigenvalue weighted by atomic mass is 16.5. The summed E-state index contributed by atoms with van der Waals surface area (Å²) in [4.78, 5) is 39.8. The summed E-state index contributed by atoms with van der Waals surface area (Å²) in [7, 11) is 0. The second-order valence-electron chi connectivity index (χ2n) is 10.2. The van der Waals surface area contributed by atoms with Gasteiger partial charge >= 0.3 is 0 Å². The first kappa shape index (κ1) is 19.8. The van der Waals surface area contributed by atoms with Gasteiger partial charge in [-0.15, -0.1) is 0 Å². The van der Waals surface area contributed by atoms with Crippen LogP contribution >= 0.6 is 0 Å². The molecular weight excluding hydrogens is 364 g/mol. The predicted molar refractivity (Wildman–Crippen MR) is 111 cm³/mol. The molecule has 0 radical (unpaired) electrons. The van der Waals surface area contributed by atoms with E-state index in [0.29, 0.717) is 24.2 Å². The molecule has 4 nitrogen and oxygen atoms in total. The van der Waals surface area contributed by atoms with Crippen molar-refractivity contribution in [1.29, 1.82) is 0 Å². The van der Waals surface area contributed by atoms with E-state index in [-0.39, 0.29) is 41.0 Å². The third kappa shape index (κ3) is 3.29. The Bertz CT molecular complexity index is 926. The van der Waals surface area contributed by atoms with Crippen LogP contribution < -0.4 is 0 Å². The van der Waals surface area contributed by atoms with Gasteiger partial charge in [0, 0.05) is 31.3 Å². The first-order chi connectivity index (χ1) is 13.5. The van der Waals surface area contributed by atoms with Crippen molar-refractivity contribution >= 4 is 23.4 Å². The van der Waals surface area contributed by atoms with Crippen LogP contribution in [0.1, 0.15) is 58.9 Å².